The molecule has 1 aliphatic heterocycles. The number of ether oxygens (including phenoxy) is 1. The van der Waals surface area contributed by atoms with Crippen molar-refractivity contribution in [2.24, 2.45) is 0 Å². The van der Waals surface area contributed by atoms with Crippen molar-refractivity contribution < 1.29 is 4.74 Å². The predicted molar refractivity (Wildman–Crippen MR) is 67.9 cm³/mol. The molecule has 1 aliphatic rings. The summed E-state index contributed by atoms with van der Waals surface area (Å²) in [5, 5.41) is 3.42. The standard InChI is InChI=1S/C12H27N3O/c1-4-13-10-12-11-16-9-8-15(12)7-5-6-14(2)3/h12-13H,4-11H2,1-3H3. The summed E-state index contributed by atoms with van der Waals surface area (Å²) in [7, 11) is 4.27. The summed E-state index contributed by atoms with van der Waals surface area (Å²) in [5.41, 5.74) is 0. The zero-order valence-corrected chi connectivity index (χ0v) is 11.0. The van der Waals surface area contributed by atoms with Gasteiger partial charge < -0.3 is 15.0 Å². The first-order valence-corrected chi connectivity index (χ1v) is 6.41. The summed E-state index contributed by atoms with van der Waals surface area (Å²) in [4.78, 5) is 4.81. The molecule has 1 saturated heterocycles. The molecule has 96 valence electrons. The lowest BCUT2D eigenvalue weighted by Gasteiger charge is -2.35. The highest BCUT2D eigenvalue weighted by atomic mass is 16.5. The van der Waals surface area contributed by atoms with E-state index in [1.807, 2.05) is 0 Å². The average molecular weight is 229 g/mol. The Morgan fingerprint density at radius 3 is 2.94 bits per heavy atom. The number of nitrogens with zero attached hydrogens (tertiary/aromatic N) is 2. The Kier molecular flexibility index (Phi) is 6.96. The van der Waals surface area contributed by atoms with E-state index in [9.17, 15) is 0 Å². The van der Waals surface area contributed by atoms with Crippen molar-refractivity contribution in [1.82, 2.24) is 15.1 Å². The highest BCUT2D eigenvalue weighted by molar-refractivity contribution is 4.77. The van der Waals surface area contributed by atoms with Crippen LogP contribution in [0.4, 0.5) is 0 Å². The largest absolute Gasteiger partial charge is 0.378 e. The normalized spacial score (nSPS) is 22.9. The lowest BCUT2D eigenvalue weighted by atomic mass is 10.2. The highest BCUT2D eigenvalue weighted by Gasteiger charge is 2.21. The van der Waals surface area contributed by atoms with E-state index in [1.54, 1.807) is 0 Å². The quantitative estimate of drug-likeness (QED) is 0.677. The third-order valence-corrected chi connectivity index (χ3v) is 3.03. The molecule has 0 saturated carbocycles. The number of hydrogen-bond donors (Lipinski definition) is 1. The number of morpholine rings is 1. The lowest BCUT2D eigenvalue weighted by molar-refractivity contribution is -0.00759. The van der Waals surface area contributed by atoms with Crippen LogP contribution in [0.15, 0.2) is 0 Å². The van der Waals surface area contributed by atoms with Crippen molar-refractivity contribution in [1.29, 1.82) is 0 Å². The predicted octanol–water partition coefficient (Wildman–Crippen LogP) is 0.248. The molecule has 16 heavy (non-hydrogen) atoms. The maximum atomic E-state index is 5.54. The van der Waals surface area contributed by atoms with Gasteiger partial charge in [-0.05, 0) is 40.2 Å². The van der Waals surface area contributed by atoms with Crippen LogP contribution in [-0.4, -0.2) is 75.9 Å². The molecular weight excluding hydrogens is 202 g/mol. The van der Waals surface area contributed by atoms with Crippen LogP contribution in [0.1, 0.15) is 13.3 Å². The maximum absolute atomic E-state index is 5.54. The van der Waals surface area contributed by atoms with E-state index in [-0.39, 0.29) is 0 Å². The fraction of sp³-hybridized carbons (Fsp3) is 1.00. The molecule has 4 heteroatoms. The Labute approximate surface area is 99.9 Å². The number of likely N-dealkylation sites (N-methyl/N-ethyl adjacent to an activating group) is 1. The molecule has 0 aliphatic carbocycles. The van der Waals surface area contributed by atoms with Gasteiger partial charge in [0.05, 0.1) is 13.2 Å². The molecule has 1 heterocycles. The molecule has 0 aromatic heterocycles. The molecule has 1 rings (SSSR count). The van der Waals surface area contributed by atoms with Crippen molar-refractivity contribution in [3.05, 3.63) is 0 Å². The second-order valence-corrected chi connectivity index (χ2v) is 4.73. The number of nitrogens with one attached hydrogen (secondary N) is 1. The van der Waals surface area contributed by atoms with Crippen molar-refractivity contribution >= 4 is 0 Å². The summed E-state index contributed by atoms with van der Waals surface area (Å²) >= 11 is 0. The molecule has 1 N–H and O–H groups in total. The van der Waals surface area contributed by atoms with Gasteiger partial charge in [-0.3, -0.25) is 4.90 Å². The monoisotopic (exact) mass is 229 g/mol. The van der Waals surface area contributed by atoms with Crippen LogP contribution in [0.3, 0.4) is 0 Å². The van der Waals surface area contributed by atoms with Crippen molar-refractivity contribution in [2.45, 2.75) is 19.4 Å². The van der Waals surface area contributed by atoms with E-state index >= 15 is 0 Å². The van der Waals surface area contributed by atoms with Crippen LogP contribution in [0.25, 0.3) is 0 Å². The minimum absolute atomic E-state index is 0.566. The van der Waals surface area contributed by atoms with Gasteiger partial charge in [0.15, 0.2) is 0 Å². The van der Waals surface area contributed by atoms with Crippen LogP contribution in [-0.2, 0) is 4.74 Å². The second-order valence-electron chi connectivity index (χ2n) is 4.73. The molecule has 0 spiro atoms. The fourth-order valence-corrected chi connectivity index (χ4v) is 2.07. The van der Waals surface area contributed by atoms with Crippen LogP contribution >= 0.6 is 0 Å². The zero-order chi connectivity index (χ0) is 11.8. The van der Waals surface area contributed by atoms with E-state index < -0.39 is 0 Å². The van der Waals surface area contributed by atoms with Crippen molar-refractivity contribution in [2.75, 3.05) is 60.0 Å². The van der Waals surface area contributed by atoms with Crippen molar-refractivity contribution in [3.63, 3.8) is 0 Å². The molecule has 0 aromatic rings. The van der Waals surface area contributed by atoms with Gasteiger partial charge in [0, 0.05) is 19.1 Å². The average Bonchev–Trinajstić information content (AvgIpc) is 2.27. The Morgan fingerprint density at radius 1 is 1.44 bits per heavy atom. The van der Waals surface area contributed by atoms with E-state index in [2.05, 4.69) is 36.1 Å². The Hall–Kier alpha value is -0.160. The molecule has 0 amide bonds. The molecular formula is C12H27N3O. The van der Waals surface area contributed by atoms with E-state index in [4.69, 9.17) is 4.74 Å². The van der Waals surface area contributed by atoms with Gasteiger partial charge >= 0.3 is 0 Å². The van der Waals surface area contributed by atoms with Gasteiger partial charge in [0.1, 0.15) is 0 Å². The minimum Gasteiger partial charge on any atom is -0.378 e. The van der Waals surface area contributed by atoms with Crippen LogP contribution in [0.2, 0.25) is 0 Å². The summed E-state index contributed by atoms with van der Waals surface area (Å²) in [5.74, 6) is 0. The van der Waals surface area contributed by atoms with Gasteiger partial charge in [-0.15, -0.1) is 0 Å². The first-order chi connectivity index (χ1) is 7.74. The SMILES string of the molecule is CCNCC1COCCN1CCCN(C)C. The molecule has 0 aromatic carbocycles. The van der Waals surface area contributed by atoms with Gasteiger partial charge in [0.2, 0.25) is 0 Å². The first kappa shape index (κ1) is 13.9. The Balaban J connectivity index is 2.23. The van der Waals surface area contributed by atoms with Crippen molar-refractivity contribution in [3.8, 4) is 0 Å². The maximum Gasteiger partial charge on any atom is 0.0634 e. The van der Waals surface area contributed by atoms with Crippen LogP contribution < -0.4 is 5.32 Å². The van der Waals surface area contributed by atoms with Gasteiger partial charge in [-0.1, -0.05) is 6.92 Å². The molecule has 0 radical (unpaired) electrons. The van der Waals surface area contributed by atoms with E-state index in [0.717, 1.165) is 32.8 Å². The Morgan fingerprint density at radius 2 is 2.25 bits per heavy atom. The summed E-state index contributed by atoms with van der Waals surface area (Å²) in [6.45, 7) is 9.48. The Bertz CT molecular complexity index is 176. The molecule has 1 fully saturated rings. The topological polar surface area (TPSA) is 27.7 Å². The minimum atomic E-state index is 0.566. The highest BCUT2D eigenvalue weighted by Crippen LogP contribution is 2.07. The molecule has 4 nitrogen and oxygen atoms in total. The molecule has 0 bridgehead atoms. The smallest absolute Gasteiger partial charge is 0.0634 e. The van der Waals surface area contributed by atoms with Gasteiger partial charge in [-0.25, -0.2) is 0 Å². The summed E-state index contributed by atoms with van der Waals surface area (Å²) < 4.78 is 5.54. The fourth-order valence-electron chi connectivity index (χ4n) is 2.07. The van der Waals surface area contributed by atoms with Crippen LogP contribution in [0, 0.1) is 0 Å². The first-order valence-electron chi connectivity index (χ1n) is 6.41. The van der Waals surface area contributed by atoms with Crippen LogP contribution in [0.5, 0.6) is 0 Å². The molecule has 1 unspecified atom stereocenters. The lowest BCUT2D eigenvalue weighted by Crippen LogP contribution is -2.50. The van der Waals surface area contributed by atoms with Gasteiger partial charge in [0.25, 0.3) is 0 Å². The van der Waals surface area contributed by atoms with E-state index in [1.165, 1.54) is 19.5 Å². The third kappa shape index (κ3) is 5.25. The second kappa shape index (κ2) is 8.01. The third-order valence-electron chi connectivity index (χ3n) is 3.03. The number of rotatable bonds is 7. The van der Waals surface area contributed by atoms with E-state index in [0.29, 0.717) is 6.04 Å². The summed E-state index contributed by atoms with van der Waals surface area (Å²) in [6, 6.07) is 0.566. The van der Waals surface area contributed by atoms with Gasteiger partial charge in [-0.2, -0.15) is 0 Å². The number of hydrogen-bond acceptors (Lipinski definition) is 4. The molecule has 1 atom stereocenters. The zero-order valence-electron chi connectivity index (χ0n) is 11.0. The summed E-state index contributed by atoms with van der Waals surface area (Å²) in [6.07, 6.45) is 1.25.